The highest BCUT2D eigenvalue weighted by atomic mass is 16.5. The van der Waals surface area contributed by atoms with Crippen molar-refractivity contribution in [3.63, 3.8) is 0 Å². The third-order valence-electron chi connectivity index (χ3n) is 2.99. The van der Waals surface area contributed by atoms with Crippen molar-refractivity contribution in [2.45, 2.75) is 18.8 Å². The molecule has 20 heavy (non-hydrogen) atoms. The average molecular weight is 273 g/mol. The van der Waals surface area contributed by atoms with Gasteiger partial charge in [-0.05, 0) is 25.0 Å². The Balaban J connectivity index is 1.69. The van der Waals surface area contributed by atoms with Gasteiger partial charge in [0.15, 0.2) is 5.69 Å². The summed E-state index contributed by atoms with van der Waals surface area (Å²) < 4.78 is 5.09. The number of hydrogen-bond acceptors (Lipinski definition) is 5. The molecule has 7 nitrogen and oxygen atoms in total. The molecule has 1 aliphatic carbocycles. The van der Waals surface area contributed by atoms with Gasteiger partial charge in [-0.15, -0.1) is 0 Å². The van der Waals surface area contributed by atoms with E-state index in [0.29, 0.717) is 5.92 Å². The first-order valence-corrected chi connectivity index (χ1v) is 6.11. The Morgan fingerprint density at radius 2 is 2.15 bits per heavy atom. The Kier molecular flexibility index (Phi) is 2.94. The minimum atomic E-state index is -1.07. The Labute approximate surface area is 113 Å². The number of amides is 1. The number of rotatable bonds is 4. The lowest BCUT2D eigenvalue weighted by molar-refractivity contribution is 0.0696. The van der Waals surface area contributed by atoms with E-state index < -0.39 is 11.9 Å². The van der Waals surface area contributed by atoms with Gasteiger partial charge in [0, 0.05) is 18.2 Å². The number of pyridine rings is 1. The van der Waals surface area contributed by atoms with Gasteiger partial charge in [0.25, 0.3) is 5.91 Å². The van der Waals surface area contributed by atoms with E-state index >= 15 is 0 Å². The van der Waals surface area contributed by atoms with Crippen molar-refractivity contribution in [3.05, 3.63) is 41.4 Å². The van der Waals surface area contributed by atoms with Gasteiger partial charge in [0.1, 0.15) is 11.6 Å². The fraction of sp³-hybridized carbons (Fsp3) is 0.231. The maximum Gasteiger partial charge on any atom is 0.337 e. The number of aromatic nitrogens is 2. The highest BCUT2D eigenvalue weighted by Crippen LogP contribution is 2.40. The fourth-order valence-electron chi connectivity index (χ4n) is 1.73. The zero-order valence-electron chi connectivity index (χ0n) is 10.4. The summed E-state index contributed by atoms with van der Waals surface area (Å²) in [5.74, 6) is -0.130. The van der Waals surface area contributed by atoms with E-state index in [4.69, 9.17) is 9.63 Å². The number of aromatic carboxylic acids is 1. The van der Waals surface area contributed by atoms with Gasteiger partial charge in [0.05, 0.1) is 5.56 Å². The van der Waals surface area contributed by atoms with E-state index in [1.165, 1.54) is 18.3 Å². The highest BCUT2D eigenvalue weighted by molar-refractivity contribution is 6.02. The molecule has 0 aromatic carbocycles. The fourth-order valence-corrected chi connectivity index (χ4v) is 1.73. The van der Waals surface area contributed by atoms with Crippen LogP contribution in [0.1, 0.15) is 45.4 Å². The van der Waals surface area contributed by atoms with Crippen LogP contribution in [0.25, 0.3) is 0 Å². The molecule has 0 bridgehead atoms. The molecule has 2 aromatic rings. The number of nitrogens with one attached hydrogen (secondary N) is 1. The summed E-state index contributed by atoms with van der Waals surface area (Å²) in [5.41, 5.74) is 0.247. The molecule has 2 aromatic heterocycles. The molecule has 0 spiro atoms. The van der Waals surface area contributed by atoms with Crippen LogP contribution in [0.3, 0.4) is 0 Å². The summed E-state index contributed by atoms with van der Waals surface area (Å²) in [7, 11) is 0. The summed E-state index contributed by atoms with van der Waals surface area (Å²) in [4.78, 5) is 26.4. The SMILES string of the molecule is O=C(O)c1ccc(NC(=O)c2cc(C3CC3)on2)nc1. The van der Waals surface area contributed by atoms with Crippen molar-refractivity contribution < 1.29 is 19.2 Å². The van der Waals surface area contributed by atoms with Crippen LogP contribution < -0.4 is 5.32 Å². The third-order valence-corrected chi connectivity index (χ3v) is 2.99. The molecule has 1 fully saturated rings. The summed E-state index contributed by atoms with van der Waals surface area (Å²) in [6.07, 6.45) is 3.30. The van der Waals surface area contributed by atoms with Crippen LogP contribution in [0, 0.1) is 0 Å². The van der Waals surface area contributed by atoms with Crippen molar-refractivity contribution in [2.24, 2.45) is 0 Å². The van der Waals surface area contributed by atoms with Gasteiger partial charge in [-0.1, -0.05) is 5.16 Å². The van der Waals surface area contributed by atoms with Gasteiger partial charge in [-0.2, -0.15) is 0 Å². The van der Waals surface area contributed by atoms with E-state index in [1.807, 2.05) is 0 Å². The number of carbonyl (C=O) groups excluding carboxylic acids is 1. The number of carboxylic acids is 1. The van der Waals surface area contributed by atoms with Crippen molar-refractivity contribution in [2.75, 3.05) is 5.32 Å². The molecule has 0 atom stereocenters. The Hall–Kier alpha value is -2.70. The predicted octanol–water partition coefficient (Wildman–Crippen LogP) is 1.90. The van der Waals surface area contributed by atoms with Crippen LogP contribution in [-0.4, -0.2) is 27.1 Å². The van der Waals surface area contributed by atoms with Crippen molar-refractivity contribution in [3.8, 4) is 0 Å². The normalized spacial score (nSPS) is 14.0. The lowest BCUT2D eigenvalue weighted by Crippen LogP contribution is -2.13. The zero-order valence-corrected chi connectivity index (χ0v) is 10.4. The molecule has 2 N–H and O–H groups in total. The Morgan fingerprint density at radius 3 is 2.75 bits per heavy atom. The first-order valence-electron chi connectivity index (χ1n) is 6.11. The lowest BCUT2D eigenvalue weighted by atomic mass is 10.2. The minimum absolute atomic E-state index is 0.0560. The Bertz CT molecular complexity index is 659. The van der Waals surface area contributed by atoms with E-state index in [2.05, 4.69) is 15.5 Å². The first-order chi connectivity index (χ1) is 9.63. The molecule has 0 aliphatic heterocycles. The number of anilines is 1. The maximum absolute atomic E-state index is 11.9. The summed E-state index contributed by atoms with van der Waals surface area (Å²) in [6, 6.07) is 4.41. The van der Waals surface area contributed by atoms with E-state index in [-0.39, 0.29) is 17.1 Å². The standard InChI is InChI=1S/C13H11N3O4/c17-12(9-5-10(20-16-9)7-1-2-7)15-11-4-3-8(6-14-11)13(18)19/h3-7H,1-2H2,(H,18,19)(H,14,15,17). The molecule has 1 aliphatic rings. The number of nitrogens with zero attached hydrogens (tertiary/aromatic N) is 2. The summed E-state index contributed by atoms with van der Waals surface area (Å²) in [6.45, 7) is 0. The van der Waals surface area contributed by atoms with Crippen LogP contribution in [0.4, 0.5) is 5.82 Å². The van der Waals surface area contributed by atoms with Gasteiger partial charge in [-0.25, -0.2) is 9.78 Å². The molecule has 0 radical (unpaired) electrons. The molecule has 0 saturated heterocycles. The number of carboxylic acid groups (broad SMARTS) is 1. The quantitative estimate of drug-likeness (QED) is 0.881. The van der Waals surface area contributed by atoms with E-state index in [0.717, 1.165) is 18.6 Å². The van der Waals surface area contributed by atoms with E-state index in [9.17, 15) is 9.59 Å². The number of carbonyl (C=O) groups is 2. The molecule has 7 heteroatoms. The second-order valence-corrected chi connectivity index (χ2v) is 4.58. The van der Waals surface area contributed by atoms with Crippen LogP contribution in [0.2, 0.25) is 0 Å². The molecule has 0 unspecified atom stereocenters. The first kappa shape index (κ1) is 12.3. The largest absolute Gasteiger partial charge is 0.478 e. The monoisotopic (exact) mass is 273 g/mol. The predicted molar refractivity (Wildman–Crippen MR) is 67.6 cm³/mol. The zero-order chi connectivity index (χ0) is 14.1. The highest BCUT2D eigenvalue weighted by Gasteiger charge is 2.28. The van der Waals surface area contributed by atoms with Gasteiger partial charge < -0.3 is 14.9 Å². The molecular weight excluding hydrogens is 262 g/mol. The average Bonchev–Trinajstić information content (AvgIpc) is 3.17. The second-order valence-electron chi connectivity index (χ2n) is 4.58. The van der Waals surface area contributed by atoms with Crippen LogP contribution >= 0.6 is 0 Å². The van der Waals surface area contributed by atoms with Crippen molar-refractivity contribution in [1.29, 1.82) is 0 Å². The topological polar surface area (TPSA) is 105 Å². The van der Waals surface area contributed by atoms with Crippen molar-refractivity contribution >= 4 is 17.7 Å². The number of hydrogen-bond donors (Lipinski definition) is 2. The van der Waals surface area contributed by atoms with Crippen LogP contribution in [-0.2, 0) is 0 Å². The molecule has 3 rings (SSSR count). The molecule has 102 valence electrons. The molecule has 1 saturated carbocycles. The molecular formula is C13H11N3O4. The molecule has 2 heterocycles. The lowest BCUT2D eigenvalue weighted by Gasteiger charge is -2.01. The van der Waals surface area contributed by atoms with Crippen LogP contribution in [0.5, 0.6) is 0 Å². The maximum atomic E-state index is 11.9. The van der Waals surface area contributed by atoms with E-state index in [1.54, 1.807) is 6.07 Å². The van der Waals surface area contributed by atoms with Gasteiger partial charge in [-0.3, -0.25) is 4.79 Å². The van der Waals surface area contributed by atoms with Gasteiger partial charge >= 0.3 is 5.97 Å². The second kappa shape index (κ2) is 4.76. The summed E-state index contributed by atoms with van der Waals surface area (Å²) in [5, 5.41) is 15.0. The summed E-state index contributed by atoms with van der Waals surface area (Å²) >= 11 is 0. The smallest absolute Gasteiger partial charge is 0.337 e. The van der Waals surface area contributed by atoms with Crippen molar-refractivity contribution in [1.82, 2.24) is 10.1 Å². The van der Waals surface area contributed by atoms with Gasteiger partial charge in [0.2, 0.25) is 0 Å². The van der Waals surface area contributed by atoms with Crippen LogP contribution in [0.15, 0.2) is 28.9 Å². The minimum Gasteiger partial charge on any atom is -0.478 e. The third kappa shape index (κ3) is 2.51. The Morgan fingerprint density at radius 1 is 1.35 bits per heavy atom. The molecule has 1 amide bonds.